The molecule has 5 rings (SSSR count). The van der Waals surface area contributed by atoms with E-state index in [1.165, 1.54) is 0 Å². The highest BCUT2D eigenvalue weighted by Crippen LogP contribution is 2.32. The first-order valence-corrected chi connectivity index (χ1v) is 12.2. The highest BCUT2D eigenvalue weighted by Gasteiger charge is 2.16. The lowest BCUT2D eigenvalue weighted by molar-refractivity contribution is 0.0497. The van der Waals surface area contributed by atoms with Gasteiger partial charge in [0.2, 0.25) is 0 Å². The molecular formula is C30H31NO4. The van der Waals surface area contributed by atoms with Crippen molar-refractivity contribution in [2.45, 2.75) is 33.0 Å². The van der Waals surface area contributed by atoms with Crippen LogP contribution in [-0.4, -0.2) is 24.8 Å². The maximum absolute atomic E-state index is 6.31. The molecule has 1 aromatic heterocycles. The predicted molar refractivity (Wildman–Crippen MR) is 137 cm³/mol. The van der Waals surface area contributed by atoms with Gasteiger partial charge in [0.1, 0.15) is 30.5 Å². The first-order valence-electron chi connectivity index (χ1n) is 12.2. The Hall–Kier alpha value is -3.57. The molecule has 0 bridgehead atoms. The van der Waals surface area contributed by atoms with Crippen molar-refractivity contribution >= 4 is 10.9 Å². The van der Waals surface area contributed by atoms with E-state index in [2.05, 4.69) is 18.2 Å². The van der Waals surface area contributed by atoms with Crippen LogP contribution < -0.4 is 14.2 Å². The average Bonchev–Trinajstić information content (AvgIpc) is 2.92. The lowest BCUT2D eigenvalue weighted by Gasteiger charge is -2.22. The quantitative estimate of drug-likeness (QED) is 0.280. The molecule has 4 aromatic rings. The van der Waals surface area contributed by atoms with Crippen LogP contribution >= 0.6 is 0 Å². The number of para-hydroxylation sites is 1. The van der Waals surface area contributed by atoms with Gasteiger partial charge in [-0.05, 0) is 55.5 Å². The van der Waals surface area contributed by atoms with E-state index >= 15 is 0 Å². The normalized spacial score (nSPS) is 14.1. The highest BCUT2D eigenvalue weighted by atomic mass is 16.5. The Balaban J connectivity index is 1.29. The first-order chi connectivity index (χ1) is 17.3. The van der Waals surface area contributed by atoms with E-state index in [0.29, 0.717) is 25.7 Å². The molecule has 1 aliphatic heterocycles. The Bertz CT molecular complexity index is 1250. The van der Waals surface area contributed by atoms with Crippen molar-refractivity contribution in [2.75, 3.05) is 19.8 Å². The molecule has 0 aliphatic carbocycles. The number of aromatic nitrogens is 1. The zero-order chi connectivity index (χ0) is 23.9. The molecule has 1 fully saturated rings. The van der Waals surface area contributed by atoms with Crippen LogP contribution in [0.2, 0.25) is 0 Å². The second kappa shape index (κ2) is 11.2. The molecule has 0 radical (unpaired) electrons. The molecule has 0 atom stereocenters. The summed E-state index contributed by atoms with van der Waals surface area (Å²) in [5.41, 5.74) is 3.88. The van der Waals surface area contributed by atoms with Gasteiger partial charge in [-0.2, -0.15) is 0 Å². The van der Waals surface area contributed by atoms with Gasteiger partial charge in [-0.25, -0.2) is 4.98 Å². The van der Waals surface area contributed by atoms with Crippen molar-refractivity contribution in [3.8, 4) is 17.2 Å². The van der Waals surface area contributed by atoms with Gasteiger partial charge in [0.15, 0.2) is 0 Å². The maximum atomic E-state index is 6.31. The van der Waals surface area contributed by atoms with Crippen LogP contribution in [0, 0.1) is 12.8 Å². The van der Waals surface area contributed by atoms with E-state index in [1.807, 2.05) is 67.6 Å². The summed E-state index contributed by atoms with van der Waals surface area (Å²) in [4.78, 5) is 4.88. The summed E-state index contributed by atoms with van der Waals surface area (Å²) in [7, 11) is 0. The highest BCUT2D eigenvalue weighted by molar-refractivity contribution is 5.86. The number of fused-ring (bicyclic) bond motifs is 1. The minimum Gasteiger partial charge on any atom is -0.493 e. The van der Waals surface area contributed by atoms with Gasteiger partial charge in [-0.1, -0.05) is 48.5 Å². The van der Waals surface area contributed by atoms with E-state index in [9.17, 15) is 0 Å². The van der Waals surface area contributed by atoms with Crippen LogP contribution in [0.1, 0.15) is 29.7 Å². The number of nitrogens with zero attached hydrogens (tertiary/aromatic N) is 1. The van der Waals surface area contributed by atoms with Crippen LogP contribution in [0.4, 0.5) is 0 Å². The summed E-state index contributed by atoms with van der Waals surface area (Å²) >= 11 is 0. The summed E-state index contributed by atoms with van der Waals surface area (Å²) in [6.45, 7) is 5.26. The Morgan fingerprint density at radius 2 is 1.54 bits per heavy atom. The third kappa shape index (κ3) is 5.92. The van der Waals surface area contributed by atoms with E-state index in [4.69, 9.17) is 23.9 Å². The van der Waals surface area contributed by atoms with Gasteiger partial charge >= 0.3 is 0 Å². The number of hydrogen-bond acceptors (Lipinski definition) is 5. The topological polar surface area (TPSA) is 49.8 Å². The third-order valence-corrected chi connectivity index (χ3v) is 6.41. The minimum atomic E-state index is 0.349. The van der Waals surface area contributed by atoms with Gasteiger partial charge in [0, 0.05) is 30.2 Å². The molecule has 0 N–H and O–H groups in total. The molecule has 0 unspecified atom stereocenters. The van der Waals surface area contributed by atoms with Gasteiger partial charge in [-0.3, -0.25) is 0 Å². The molecule has 1 saturated heterocycles. The van der Waals surface area contributed by atoms with Gasteiger partial charge in [-0.15, -0.1) is 0 Å². The largest absolute Gasteiger partial charge is 0.493 e. The maximum Gasteiger partial charge on any atom is 0.134 e. The molecule has 2 heterocycles. The van der Waals surface area contributed by atoms with Crippen LogP contribution in [0.5, 0.6) is 17.2 Å². The Kier molecular flexibility index (Phi) is 7.44. The molecule has 180 valence electrons. The summed E-state index contributed by atoms with van der Waals surface area (Å²) in [5.74, 6) is 2.98. The second-order valence-corrected chi connectivity index (χ2v) is 8.93. The van der Waals surface area contributed by atoms with Crippen LogP contribution in [0.3, 0.4) is 0 Å². The molecule has 0 saturated carbocycles. The summed E-state index contributed by atoms with van der Waals surface area (Å²) in [6.07, 6.45) is 2.11. The van der Waals surface area contributed by atoms with Gasteiger partial charge in [0.25, 0.3) is 0 Å². The van der Waals surface area contributed by atoms with E-state index < -0.39 is 0 Å². The Labute approximate surface area is 206 Å². The van der Waals surface area contributed by atoms with Crippen molar-refractivity contribution < 1.29 is 18.9 Å². The smallest absolute Gasteiger partial charge is 0.134 e. The van der Waals surface area contributed by atoms with E-state index in [-0.39, 0.29) is 0 Å². The third-order valence-electron chi connectivity index (χ3n) is 6.41. The van der Waals surface area contributed by atoms with Gasteiger partial charge < -0.3 is 18.9 Å². The number of pyridine rings is 1. The lowest BCUT2D eigenvalue weighted by atomic mass is 10.0. The fourth-order valence-corrected chi connectivity index (χ4v) is 4.31. The first kappa shape index (κ1) is 23.2. The molecule has 3 aromatic carbocycles. The zero-order valence-corrected chi connectivity index (χ0v) is 20.1. The van der Waals surface area contributed by atoms with Crippen molar-refractivity contribution in [3.05, 3.63) is 95.7 Å². The Morgan fingerprint density at radius 1 is 0.800 bits per heavy atom. The van der Waals surface area contributed by atoms with Crippen LogP contribution in [-0.2, 0) is 18.0 Å². The lowest BCUT2D eigenvalue weighted by Crippen LogP contribution is -2.21. The molecule has 1 aliphatic rings. The second-order valence-electron chi connectivity index (χ2n) is 8.93. The molecule has 0 spiro atoms. The fourth-order valence-electron chi connectivity index (χ4n) is 4.31. The van der Waals surface area contributed by atoms with Crippen LogP contribution in [0.15, 0.2) is 78.9 Å². The SMILES string of the molecule is Cc1c(COc2cccc(OCC3CCOCC3)c2)nc2ccccc2c1OCc1ccccc1. The number of hydrogen-bond donors (Lipinski definition) is 0. The average molecular weight is 470 g/mol. The minimum absolute atomic E-state index is 0.349. The molecule has 35 heavy (non-hydrogen) atoms. The number of benzene rings is 3. The number of ether oxygens (including phenoxy) is 4. The summed E-state index contributed by atoms with van der Waals surface area (Å²) in [5, 5.41) is 1.01. The van der Waals surface area contributed by atoms with E-state index in [0.717, 1.165) is 71.0 Å². The van der Waals surface area contributed by atoms with Crippen molar-refractivity contribution in [1.82, 2.24) is 4.98 Å². The van der Waals surface area contributed by atoms with Crippen molar-refractivity contribution in [1.29, 1.82) is 0 Å². The van der Waals surface area contributed by atoms with Crippen molar-refractivity contribution in [3.63, 3.8) is 0 Å². The Morgan fingerprint density at radius 3 is 2.37 bits per heavy atom. The monoisotopic (exact) mass is 469 g/mol. The zero-order valence-electron chi connectivity index (χ0n) is 20.1. The predicted octanol–water partition coefficient (Wildman–Crippen LogP) is 6.51. The molecule has 5 heteroatoms. The number of rotatable bonds is 9. The molecule has 0 amide bonds. The fraction of sp³-hybridized carbons (Fsp3) is 0.300. The standard InChI is InChI=1S/C30H31NO4/c1-22-29(21-34-26-11-7-10-25(18-26)33-19-24-14-16-32-17-15-24)31-28-13-6-5-12-27(28)30(22)35-20-23-8-3-2-4-9-23/h2-13,18,24H,14-17,19-21H2,1H3. The summed E-state index contributed by atoms with van der Waals surface area (Å²) < 4.78 is 23.9. The molecule has 5 nitrogen and oxygen atoms in total. The van der Waals surface area contributed by atoms with E-state index in [1.54, 1.807) is 0 Å². The summed E-state index contributed by atoms with van der Waals surface area (Å²) in [6, 6.07) is 26.1. The van der Waals surface area contributed by atoms with Crippen molar-refractivity contribution in [2.24, 2.45) is 5.92 Å². The van der Waals surface area contributed by atoms with Gasteiger partial charge in [0.05, 0.1) is 17.8 Å². The molecular weight excluding hydrogens is 438 g/mol. The van der Waals surface area contributed by atoms with Crippen LogP contribution in [0.25, 0.3) is 10.9 Å².